The molecule has 1 aliphatic rings. The highest BCUT2D eigenvalue weighted by atomic mass is 32.0. The minimum absolute atomic E-state index is 0.0931. The summed E-state index contributed by atoms with van der Waals surface area (Å²) >= 11 is 0. The summed E-state index contributed by atoms with van der Waals surface area (Å²) in [6.45, 7) is 5.68. The molecule has 3 N–H and O–H groups in total. The number of carbonyl (C=O) groups is 4. The van der Waals surface area contributed by atoms with Gasteiger partial charge in [0, 0.05) is 18.2 Å². The van der Waals surface area contributed by atoms with Crippen LogP contribution >= 0.6 is 16.4 Å². The molecule has 3 atom stereocenters. The number of nitrogens with zero attached hydrogens (tertiary/aromatic N) is 1. The molecule has 254 valence electrons. The van der Waals surface area contributed by atoms with Gasteiger partial charge in [0.25, 0.3) is 7.47 Å². The van der Waals surface area contributed by atoms with Crippen LogP contribution in [0.2, 0.25) is 0 Å². The van der Waals surface area contributed by atoms with Gasteiger partial charge in [0.15, 0.2) is 0 Å². The Balaban J connectivity index is 1.35. The first kappa shape index (κ1) is 36.2. The Morgan fingerprint density at radius 2 is 1.50 bits per heavy atom. The SMILES string of the molecule is CC(C)(C)OC(=O)NCCCC[C@H](NC(=O)OCC1c2ccccc2-c2ccccc21)C(=O)Nc1ccc(COC(=O)OP(#N)P)cc1. The van der Waals surface area contributed by atoms with E-state index in [4.69, 9.17) is 19.2 Å². The second kappa shape index (κ2) is 17.0. The molecule has 0 radical (unpaired) electrons. The van der Waals surface area contributed by atoms with Crippen LogP contribution in [0.4, 0.5) is 20.1 Å². The van der Waals surface area contributed by atoms with Crippen LogP contribution in [0.25, 0.3) is 11.1 Å². The maximum Gasteiger partial charge on any atom is 0.518 e. The highest BCUT2D eigenvalue weighted by molar-refractivity contribution is 8.03. The van der Waals surface area contributed by atoms with Crippen LogP contribution < -0.4 is 16.0 Å². The van der Waals surface area contributed by atoms with Gasteiger partial charge in [0.05, 0.1) is 0 Å². The highest BCUT2D eigenvalue weighted by Crippen LogP contribution is 2.44. The van der Waals surface area contributed by atoms with Crippen molar-refractivity contribution in [1.29, 1.82) is 5.00 Å². The normalized spacial score (nSPS) is 12.9. The third-order valence-corrected chi connectivity index (χ3v) is 7.94. The van der Waals surface area contributed by atoms with Gasteiger partial charge < -0.3 is 34.7 Å². The van der Waals surface area contributed by atoms with E-state index in [1.807, 2.05) is 45.3 Å². The largest absolute Gasteiger partial charge is 0.518 e. The lowest BCUT2D eigenvalue weighted by atomic mass is 9.98. The monoisotopic (exact) mass is 694 g/mol. The molecule has 0 fully saturated rings. The summed E-state index contributed by atoms with van der Waals surface area (Å²) in [4.78, 5) is 50.0. The molecule has 3 aromatic rings. The number of ether oxygens (including phenoxy) is 3. The summed E-state index contributed by atoms with van der Waals surface area (Å²) in [5, 5.41) is 17.4. The van der Waals surface area contributed by atoms with Crippen molar-refractivity contribution in [3.63, 3.8) is 0 Å². The summed E-state index contributed by atoms with van der Waals surface area (Å²) in [6, 6.07) is 21.7. The molecule has 0 saturated carbocycles. The first-order valence-electron chi connectivity index (χ1n) is 15.5. The molecule has 1 aliphatic carbocycles. The maximum atomic E-state index is 13.4. The van der Waals surface area contributed by atoms with E-state index in [9.17, 15) is 19.2 Å². The average Bonchev–Trinajstić information content (AvgIpc) is 3.35. The number of unbranched alkanes of at least 4 members (excludes halogenated alkanes) is 1. The fourth-order valence-corrected chi connectivity index (χ4v) is 5.65. The van der Waals surface area contributed by atoms with Crippen molar-refractivity contribution < 1.29 is 37.9 Å². The smallest absolute Gasteiger partial charge is 0.449 e. The van der Waals surface area contributed by atoms with Crippen molar-refractivity contribution in [2.24, 2.45) is 0 Å². The van der Waals surface area contributed by atoms with Crippen LogP contribution in [-0.2, 0) is 30.1 Å². The van der Waals surface area contributed by atoms with Crippen molar-refractivity contribution in [2.45, 2.75) is 64.2 Å². The fraction of sp³-hybridized carbons (Fsp3) is 0.353. The van der Waals surface area contributed by atoms with Crippen LogP contribution in [0.5, 0.6) is 0 Å². The number of hydrogen-bond acceptors (Lipinski definition) is 9. The molecule has 2 unspecified atom stereocenters. The molecule has 0 spiro atoms. The van der Waals surface area contributed by atoms with E-state index in [-0.39, 0.29) is 25.6 Å². The van der Waals surface area contributed by atoms with Gasteiger partial charge in [-0.15, -0.1) is 0 Å². The molecule has 0 aliphatic heterocycles. The molecule has 4 rings (SSSR count). The molecule has 48 heavy (non-hydrogen) atoms. The zero-order valence-corrected chi connectivity index (χ0v) is 29.1. The molecule has 12 nitrogen and oxygen atoms in total. The molecule has 3 aromatic carbocycles. The van der Waals surface area contributed by atoms with E-state index < -0.39 is 43.4 Å². The van der Waals surface area contributed by atoms with Gasteiger partial charge in [-0.25, -0.2) is 14.4 Å². The van der Waals surface area contributed by atoms with Gasteiger partial charge in [-0.05, 0) is 88.9 Å². The lowest BCUT2D eigenvalue weighted by Gasteiger charge is -2.21. The number of fused-ring (bicyclic) bond motifs is 3. The lowest BCUT2D eigenvalue weighted by Crippen LogP contribution is -2.44. The van der Waals surface area contributed by atoms with Gasteiger partial charge in [0.1, 0.15) is 24.9 Å². The van der Waals surface area contributed by atoms with E-state index in [1.54, 1.807) is 45.0 Å². The standard InChI is InChI=1S/C34H40N4O8P2/c1-34(2,3)45-31(40)36-19-9-8-14-29(30(39)37-23-17-15-22(16-18-23)20-44-33(42)46-48(35)47)38-32(41)43-21-28-26-12-6-4-10-24(26)25-11-5-7-13-27(25)28/h4-7,10-13,15-18,28-29H,8-9,14,19-21,47H2,1-3H3,(H,36,40)(H,37,39)(H,38,41)/t29-/m0/s1. The van der Waals surface area contributed by atoms with Crippen molar-refractivity contribution in [3.05, 3.63) is 89.5 Å². The van der Waals surface area contributed by atoms with Gasteiger partial charge in [0.2, 0.25) is 5.91 Å². The topological polar surface area (TPSA) is 165 Å². The molecule has 0 aromatic heterocycles. The second-order valence-electron chi connectivity index (χ2n) is 12.1. The molecule has 3 amide bonds. The van der Waals surface area contributed by atoms with Crippen LogP contribution in [0.1, 0.15) is 62.6 Å². The number of hydrogen-bond donors (Lipinski definition) is 3. The van der Waals surface area contributed by atoms with Crippen LogP contribution in [0, 0.1) is 5.00 Å². The fourth-order valence-electron chi connectivity index (χ4n) is 5.19. The Morgan fingerprint density at radius 3 is 2.10 bits per heavy atom. The molecule has 0 heterocycles. The minimum atomic E-state index is -1.96. The first-order chi connectivity index (χ1) is 22.9. The van der Waals surface area contributed by atoms with Gasteiger partial charge in [-0.1, -0.05) is 60.7 Å². The first-order valence-corrected chi connectivity index (χ1v) is 18.3. The van der Waals surface area contributed by atoms with Crippen LogP contribution in [0.15, 0.2) is 72.8 Å². The summed E-state index contributed by atoms with van der Waals surface area (Å²) in [5.74, 6) is -0.585. The Kier molecular flexibility index (Phi) is 12.8. The van der Waals surface area contributed by atoms with Crippen molar-refractivity contribution in [1.82, 2.24) is 10.6 Å². The van der Waals surface area contributed by atoms with Crippen molar-refractivity contribution >= 4 is 46.3 Å². The van der Waals surface area contributed by atoms with E-state index in [2.05, 4.69) is 32.6 Å². The Hall–Kier alpha value is -4.62. The van der Waals surface area contributed by atoms with Crippen molar-refractivity contribution in [2.75, 3.05) is 18.5 Å². The van der Waals surface area contributed by atoms with Gasteiger partial charge in [-0.3, -0.25) is 4.79 Å². The zero-order valence-electron chi connectivity index (χ0n) is 27.1. The predicted octanol–water partition coefficient (Wildman–Crippen LogP) is 7.55. The number of alkyl carbamates (subject to hydrolysis) is 2. The van der Waals surface area contributed by atoms with E-state index in [0.29, 0.717) is 30.6 Å². The second-order valence-corrected chi connectivity index (χ2v) is 14.2. The Bertz CT molecular complexity index is 1640. The summed E-state index contributed by atoms with van der Waals surface area (Å²) in [5.41, 5.74) is 4.84. The molecular formula is C34H40N4O8P2. The number of nitrogens with one attached hydrogen (secondary N) is 3. The number of carbonyl (C=O) groups excluding carboxylic acids is 4. The molecule has 0 bridgehead atoms. The molecule has 0 saturated heterocycles. The average molecular weight is 695 g/mol. The third-order valence-electron chi connectivity index (χ3n) is 7.29. The number of rotatable bonds is 12. The summed E-state index contributed by atoms with van der Waals surface area (Å²) in [7, 11) is 0.00908. The number of benzene rings is 3. The number of anilines is 1. The summed E-state index contributed by atoms with van der Waals surface area (Å²) in [6.07, 6.45) is -0.914. The maximum absolute atomic E-state index is 13.4. The van der Waals surface area contributed by atoms with E-state index in [0.717, 1.165) is 22.3 Å². The van der Waals surface area contributed by atoms with Crippen molar-refractivity contribution in [3.8, 4) is 11.1 Å². The Morgan fingerprint density at radius 1 is 0.875 bits per heavy atom. The Labute approximate surface area is 282 Å². The number of amides is 3. The van der Waals surface area contributed by atoms with Crippen LogP contribution in [0.3, 0.4) is 0 Å². The minimum Gasteiger partial charge on any atom is -0.449 e. The van der Waals surface area contributed by atoms with E-state index >= 15 is 0 Å². The highest BCUT2D eigenvalue weighted by Gasteiger charge is 2.30. The summed E-state index contributed by atoms with van der Waals surface area (Å²) < 4.78 is 20.4. The molecular weight excluding hydrogens is 654 g/mol. The molecule has 14 heteroatoms. The zero-order chi connectivity index (χ0) is 34.7. The van der Waals surface area contributed by atoms with E-state index in [1.165, 1.54) is 0 Å². The predicted molar refractivity (Wildman–Crippen MR) is 185 cm³/mol. The lowest BCUT2D eigenvalue weighted by molar-refractivity contribution is -0.118. The van der Waals surface area contributed by atoms with Gasteiger partial charge >= 0.3 is 18.3 Å². The van der Waals surface area contributed by atoms with Crippen LogP contribution in [-0.4, -0.2) is 49.0 Å². The van der Waals surface area contributed by atoms with Gasteiger partial charge in [-0.2, -0.15) is 5.00 Å². The third kappa shape index (κ3) is 11.0. The quantitative estimate of drug-likeness (QED) is 0.0751.